The Hall–Kier alpha value is -0.830. The number of carboxylic acid groups (broad SMARTS) is 1. The molecule has 1 rings (SSSR count). The highest BCUT2D eigenvalue weighted by atomic mass is 16.5. The molecule has 0 aromatic rings. The molecule has 13 heavy (non-hydrogen) atoms. The van der Waals surface area contributed by atoms with Crippen LogP contribution in [0.15, 0.2) is 12.2 Å². The molecule has 0 amide bonds. The van der Waals surface area contributed by atoms with Crippen LogP contribution in [0.4, 0.5) is 0 Å². The van der Waals surface area contributed by atoms with Gasteiger partial charge >= 0.3 is 5.97 Å². The highest BCUT2D eigenvalue weighted by Crippen LogP contribution is 2.13. The van der Waals surface area contributed by atoms with Crippen molar-refractivity contribution in [2.24, 2.45) is 0 Å². The number of carbonyl (C=O) groups is 1. The molecule has 0 fully saturated rings. The molecular weight excluding hydrogens is 168 g/mol. The van der Waals surface area contributed by atoms with Crippen molar-refractivity contribution in [3.8, 4) is 0 Å². The molecule has 0 aliphatic heterocycles. The Bertz CT molecular complexity index is 187. The van der Waals surface area contributed by atoms with Crippen molar-refractivity contribution in [3.05, 3.63) is 12.2 Å². The van der Waals surface area contributed by atoms with Crippen LogP contribution in [0.5, 0.6) is 0 Å². The highest BCUT2D eigenvalue weighted by molar-refractivity contribution is 5.68. The van der Waals surface area contributed by atoms with Crippen molar-refractivity contribution >= 4 is 5.97 Å². The predicted octanol–water partition coefficient (Wildman–Crippen LogP) is 1.98. The van der Waals surface area contributed by atoms with Gasteiger partial charge in [0.05, 0.1) is 6.10 Å². The Morgan fingerprint density at radius 1 is 1.46 bits per heavy atom. The van der Waals surface area contributed by atoms with E-state index in [-0.39, 0.29) is 12.7 Å². The van der Waals surface area contributed by atoms with Crippen molar-refractivity contribution in [2.75, 3.05) is 6.61 Å². The third kappa shape index (κ3) is 4.68. The molecule has 3 heteroatoms. The average molecular weight is 184 g/mol. The second-order valence-corrected chi connectivity index (χ2v) is 3.31. The van der Waals surface area contributed by atoms with Gasteiger partial charge < -0.3 is 9.84 Å². The van der Waals surface area contributed by atoms with Gasteiger partial charge in [-0.05, 0) is 19.3 Å². The minimum absolute atomic E-state index is 0.0106. The number of aliphatic carboxylic acids is 1. The fourth-order valence-electron chi connectivity index (χ4n) is 1.45. The number of rotatable bonds is 3. The molecule has 0 saturated heterocycles. The maximum absolute atomic E-state index is 10.2. The Morgan fingerprint density at radius 3 is 3.08 bits per heavy atom. The van der Waals surface area contributed by atoms with Gasteiger partial charge in [-0.3, -0.25) is 0 Å². The van der Waals surface area contributed by atoms with Crippen LogP contribution < -0.4 is 0 Å². The summed E-state index contributed by atoms with van der Waals surface area (Å²) < 4.78 is 5.19. The van der Waals surface area contributed by atoms with E-state index in [2.05, 4.69) is 6.08 Å². The molecule has 0 saturated carbocycles. The van der Waals surface area contributed by atoms with Crippen LogP contribution in [0.25, 0.3) is 0 Å². The zero-order valence-electron chi connectivity index (χ0n) is 7.74. The van der Waals surface area contributed by atoms with E-state index in [0.29, 0.717) is 0 Å². The zero-order chi connectivity index (χ0) is 9.52. The van der Waals surface area contributed by atoms with Gasteiger partial charge in [0.15, 0.2) is 0 Å². The largest absolute Gasteiger partial charge is 0.480 e. The van der Waals surface area contributed by atoms with E-state index in [1.54, 1.807) is 0 Å². The molecule has 0 spiro atoms. The third-order valence-corrected chi connectivity index (χ3v) is 2.13. The van der Waals surface area contributed by atoms with Gasteiger partial charge in [-0.2, -0.15) is 0 Å². The normalized spacial score (nSPS) is 23.5. The van der Waals surface area contributed by atoms with E-state index in [9.17, 15) is 4.79 Å². The molecular formula is C10H16O3. The fraction of sp³-hybridized carbons (Fsp3) is 0.700. The number of allylic oxidation sites excluding steroid dienone is 1. The molecule has 1 unspecified atom stereocenters. The molecule has 1 N–H and O–H groups in total. The van der Waals surface area contributed by atoms with Gasteiger partial charge in [0.1, 0.15) is 6.61 Å². The first-order valence-electron chi connectivity index (χ1n) is 4.79. The minimum Gasteiger partial charge on any atom is -0.480 e. The van der Waals surface area contributed by atoms with Gasteiger partial charge in [0, 0.05) is 0 Å². The van der Waals surface area contributed by atoms with Gasteiger partial charge in [0.25, 0.3) is 0 Å². The van der Waals surface area contributed by atoms with Gasteiger partial charge in [-0.15, -0.1) is 0 Å². The molecule has 0 bridgehead atoms. The third-order valence-electron chi connectivity index (χ3n) is 2.13. The first kappa shape index (κ1) is 10.3. The van der Waals surface area contributed by atoms with Crippen LogP contribution in [-0.2, 0) is 9.53 Å². The van der Waals surface area contributed by atoms with E-state index in [1.165, 1.54) is 12.8 Å². The van der Waals surface area contributed by atoms with Gasteiger partial charge in [-0.1, -0.05) is 25.0 Å². The Labute approximate surface area is 78.4 Å². The topological polar surface area (TPSA) is 46.5 Å². The smallest absolute Gasteiger partial charge is 0.329 e. The lowest BCUT2D eigenvalue weighted by Crippen LogP contribution is -2.16. The SMILES string of the molecule is O=C(O)COC1C=CCCCCC1. The van der Waals surface area contributed by atoms with Gasteiger partial charge in [0.2, 0.25) is 0 Å². The van der Waals surface area contributed by atoms with Crippen LogP contribution in [0.3, 0.4) is 0 Å². The van der Waals surface area contributed by atoms with Crippen molar-refractivity contribution < 1.29 is 14.6 Å². The molecule has 0 aromatic heterocycles. The summed E-state index contributed by atoms with van der Waals surface area (Å²) in [5, 5.41) is 8.42. The first-order valence-corrected chi connectivity index (χ1v) is 4.79. The summed E-state index contributed by atoms with van der Waals surface area (Å²) in [5.74, 6) is -0.893. The second-order valence-electron chi connectivity index (χ2n) is 3.31. The van der Waals surface area contributed by atoms with E-state index >= 15 is 0 Å². The lowest BCUT2D eigenvalue weighted by atomic mass is 10.0. The lowest BCUT2D eigenvalue weighted by molar-refractivity contribution is -0.143. The molecule has 1 aliphatic carbocycles. The minimum atomic E-state index is -0.893. The summed E-state index contributed by atoms with van der Waals surface area (Å²) in [5.41, 5.74) is 0. The monoisotopic (exact) mass is 184 g/mol. The van der Waals surface area contributed by atoms with Gasteiger partial charge in [-0.25, -0.2) is 4.79 Å². The average Bonchev–Trinajstić information content (AvgIpc) is 2.01. The summed E-state index contributed by atoms with van der Waals surface area (Å²) in [6, 6.07) is 0. The molecule has 1 aliphatic rings. The maximum atomic E-state index is 10.2. The number of carboxylic acids is 1. The van der Waals surface area contributed by atoms with Crippen LogP contribution in [0, 0.1) is 0 Å². The molecule has 3 nitrogen and oxygen atoms in total. The van der Waals surface area contributed by atoms with Crippen molar-refractivity contribution in [3.63, 3.8) is 0 Å². The number of hydrogen-bond acceptors (Lipinski definition) is 2. The fourth-order valence-corrected chi connectivity index (χ4v) is 1.45. The summed E-state index contributed by atoms with van der Waals surface area (Å²) in [6.45, 7) is -0.186. The molecule has 0 aromatic carbocycles. The predicted molar refractivity (Wildman–Crippen MR) is 49.6 cm³/mol. The standard InChI is InChI=1S/C10H16O3/c11-10(12)8-13-9-6-4-2-1-3-5-7-9/h4,6,9H,1-3,5,7-8H2,(H,11,12). The Balaban J connectivity index is 2.28. The molecule has 0 heterocycles. The molecule has 1 atom stereocenters. The molecule has 0 radical (unpaired) electrons. The Kier molecular flexibility index (Phi) is 4.54. The first-order chi connectivity index (χ1) is 6.29. The van der Waals surface area contributed by atoms with Crippen LogP contribution >= 0.6 is 0 Å². The Morgan fingerprint density at radius 2 is 2.31 bits per heavy atom. The lowest BCUT2D eigenvalue weighted by Gasteiger charge is -2.14. The summed E-state index contributed by atoms with van der Waals surface area (Å²) >= 11 is 0. The maximum Gasteiger partial charge on any atom is 0.329 e. The summed E-state index contributed by atoms with van der Waals surface area (Å²) in [4.78, 5) is 10.2. The van der Waals surface area contributed by atoms with E-state index in [0.717, 1.165) is 19.3 Å². The van der Waals surface area contributed by atoms with E-state index in [4.69, 9.17) is 9.84 Å². The van der Waals surface area contributed by atoms with Crippen molar-refractivity contribution in [1.29, 1.82) is 0 Å². The highest BCUT2D eigenvalue weighted by Gasteiger charge is 2.08. The van der Waals surface area contributed by atoms with Crippen molar-refractivity contribution in [2.45, 2.75) is 38.2 Å². The number of hydrogen-bond donors (Lipinski definition) is 1. The summed E-state index contributed by atoms with van der Waals surface area (Å²) in [7, 11) is 0. The second kappa shape index (κ2) is 5.75. The van der Waals surface area contributed by atoms with Crippen molar-refractivity contribution in [1.82, 2.24) is 0 Å². The summed E-state index contributed by atoms with van der Waals surface area (Å²) in [6.07, 6.45) is 9.72. The van der Waals surface area contributed by atoms with Crippen LogP contribution in [-0.4, -0.2) is 23.8 Å². The zero-order valence-corrected chi connectivity index (χ0v) is 7.74. The molecule has 74 valence electrons. The number of ether oxygens (including phenoxy) is 1. The van der Waals surface area contributed by atoms with Crippen LogP contribution in [0.1, 0.15) is 32.1 Å². The van der Waals surface area contributed by atoms with E-state index < -0.39 is 5.97 Å². The van der Waals surface area contributed by atoms with Crippen LogP contribution in [0.2, 0.25) is 0 Å². The quantitative estimate of drug-likeness (QED) is 0.682. The van der Waals surface area contributed by atoms with E-state index in [1.807, 2.05) is 6.08 Å².